The molecule has 19 heavy (non-hydrogen) atoms. The van der Waals surface area contributed by atoms with Crippen molar-refractivity contribution >= 4 is 34.9 Å². The summed E-state index contributed by atoms with van der Waals surface area (Å²) in [5.41, 5.74) is 0.663. The molecule has 2 aliphatic rings. The molecular weight excluding hydrogens is 285 g/mol. The Morgan fingerprint density at radius 1 is 1.26 bits per heavy atom. The van der Waals surface area contributed by atoms with Gasteiger partial charge in [-0.25, -0.2) is 4.79 Å². The molecule has 0 aromatic heterocycles. The van der Waals surface area contributed by atoms with Crippen molar-refractivity contribution in [2.24, 2.45) is 11.8 Å². The number of carbonyl (C=O) groups is 1. The highest BCUT2D eigenvalue weighted by atomic mass is 35.5. The molecular formula is C14H15Cl2NO2. The number of aromatic carboxylic acids is 1. The van der Waals surface area contributed by atoms with Crippen molar-refractivity contribution in [2.75, 3.05) is 5.32 Å². The van der Waals surface area contributed by atoms with E-state index in [0.29, 0.717) is 27.7 Å². The molecule has 0 heterocycles. The zero-order valence-corrected chi connectivity index (χ0v) is 11.8. The van der Waals surface area contributed by atoms with Crippen LogP contribution < -0.4 is 5.32 Å². The van der Waals surface area contributed by atoms with Crippen LogP contribution in [0.1, 0.15) is 36.0 Å². The molecule has 3 rings (SSSR count). The number of rotatable bonds is 3. The van der Waals surface area contributed by atoms with Gasteiger partial charge in [0.1, 0.15) is 0 Å². The molecule has 1 aromatic rings. The van der Waals surface area contributed by atoms with Gasteiger partial charge in [-0.3, -0.25) is 0 Å². The summed E-state index contributed by atoms with van der Waals surface area (Å²) < 4.78 is 0. The van der Waals surface area contributed by atoms with Crippen LogP contribution in [-0.2, 0) is 0 Å². The van der Waals surface area contributed by atoms with E-state index < -0.39 is 5.97 Å². The highest BCUT2D eigenvalue weighted by molar-refractivity contribution is 6.37. The number of anilines is 1. The molecule has 0 radical (unpaired) electrons. The zero-order chi connectivity index (χ0) is 13.6. The van der Waals surface area contributed by atoms with Crippen LogP contribution in [0, 0.1) is 11.8 Å². The Morgan fingerprint density at radius 2 is 2.05 bits per heavy atom. The van der Waals surface area contributed by atoms with E-state index >= 15 is 0 Å². The first-order chi connectivity index (χ1) is 9.04. The Morgan fingerprint density at radius 3 is 2.63 bits per heavy atom. The molecule has 0 amide bonds. The van der Waals surface area contributed by atoms with Crippen LogP contribution in [0.5, 0.6) is 0 Å². The molecule has 0 saturated heterocycles. The van der Waals surface area contributed by atoms with Gasteiger partial charge in [-0.1, -0.05) is 29.6 Å². The van der Waals surface area contributed by atoms with Gasteiger partial charge >= 0.3 is 5.97 Å². The largest absolute Gasteiger partial charge is 0.478 e. The van der Waals surface area contributed by atoms with Crippen LogP contribution >= 0.6 is 23.2 Å². The second kappa shape index (κ2) is 4.88. The minimum Gasteiger partial charge on any atom is -0.478 e. The fourth-order valence-corrected chi connectivity index (χ4v) is 4.04. The highest BCUT2D eigenvalue weighted by Crippen LogP contribution is 2.46. The van der Waals surface area contributed by atoms with Crippen molar-refractivity contribution in [3.63, 3.8) is 0 Å². The maximum atomic E-state index is 11.3. The lowest BCUT2D eigenvalue weighted by Gasteiger charge is -2.25. The lowest BCUT2D eigenvalue weighted by molar-refractivity contribution is 0.0698. The van der Waals surface area contributed by atoms with Crippen molar-refractivity contribution in [3.05, 3.63) is 27.7 Å². The predicted octanol–water partition coefficient (Wildman–Crippen LogP) is 4.29. The molecule has 2 aliphatic carbocycles. The summed E-state index contributed by atoms with van der Waals surface area (Å²) in [7, 11) is 0. The van der Waals surface area contributed by atoms with E-state index in [1.54, 1.807) is 6.07 Å². The summed E-state index contributed by atoms with van der Waals surface area (Å²) in [6.45, 7) is 0. The third-order valence-electron chi connectivity index (χ3n) is 4.35. The van der Waals surface area contributed by atoms with E-state index in [4.69, 9.17) is 23.2 Å². The highest BCUT2D eigenvalue weighted by Gasteiger charge is 2.40. The van der Waals surface area contributed by atoms with Gasteiger partial charge in [0.2, 0.25) is 0 Å². The lowest BCUT2D eigenvalue weighted by atomic mass is 9.95. The van der Waals surface area contributed by atoms with Gasteiger partial charge in [-0.15, -0.1) is 0 Å². The van der Waals surface area contributed by atoms with E-state index in [-0.39, 0.29) is 5.56 Å². The van der Waals surface area contributed by atoms with Gasteiger partial charge in [-0.2, -0.15) is 0 Å². The number of carboxylic acid groups (broad SMARTS) is 1. The number of carboxylic acids is 1. The van der Waals surface area contributed by atoms with Gasteiger partial charge in [-0.05, 0) is 43.2 Å². The molecule has 0 aliphatic heterocycles. The number of fused-ring (bicyclic) bond motifs is 2. The van der Waals surface area contributed by atoms with E-state index in [0.717, 1.165) is 12.3 Å². The molecule has 2 bridgehead atoms. The standard InChI is InChI=1S/C14H15Cl2NO2/c15-9-5-10(14(18)19)13(11(16)6-9)17-12-4-7-1-2-8(12)3-7/h5-8,12,17H,1-4H2,(H,18,19). The van der Waals surface area contributed by atoms with Crippen molar-refractivity contribution in [1.29, 1.82) is 0 Å². The number of halogens is 2. The fraction of sp³-hybridized carbons (Fsp3) is 0.500. The fourth-order valence-electron chi connectivity index (χ4n) is 3.50. The monoisotopic (exact) mass is 299 g/mol. The number of hydrogen-bond acceptors (Lipinski definition) is 2. The topological polar surface area (TPSA) is 49.3 Å². The van der Waals surface area contributed by atoms with Crippen LogP contribution in [-0.4, -0.2) is 17.1 Å². The number of benzene rings is 1. The van der Waals surface area contributed by atoms with Gasteiger partial charge in [0, 0.05) is 11.1 Å². The molecule has 1 aromatic carbocycles. The van der Waals surface area contributed by atoms with Crippen LogP contribution in [0.2, 0.25) is 10.0 Å². The van der Waals surface area contributed by atoms with Crippen LogP contribution in [0.15, 0.2) is 12.1 Å². The lowest BCUT2D eigenvalue weighted by Crippen LogP contribution is -2.27. The summed E-state index contributed by atoms with van der Waals surface area (Å²) in [5.74, 6) is 0.440. The molecule has 5 heteroatoms. The van der Waals surface area contributed by atoms with E-state index in [2.05, 4.69) is 5.32 Å². The quantitative estimate of drug-likeness (QED) is 0.875. The van der Waals surface area contributed by atoms with Crippen molar-refractivity contribution in [2.45, 2.75) is 31.7 Å². The molecule has 2 N–H and O–H groups in total. The Kier molecular flexibility index (Phi) is 3.35. The average Bonchev–Trinajstić information content (AvgIpc) is 2.93. The maximum Gasteiger partial charge on any atom is 0.337 e. The third-order valence-corrected chi connectivity index (χ3v) is 4.87. The van der Waals surface area contributed by atoms with Crippen molar-refractivity contribution < 1.29 is 9.90 Å². The first-order valence-electron chi connectivity index (χ1n) is 6.53. The summed E-state index contributed by atoms with van der Waals surface area (Å²) in [6, 6.07) is 3.38. The second-order valence-corrected chi connectivity index (χ2v) is 6.38. The maximum absolute atomic E-state index is 11.3. The predicted molar refractivity (Wildman–Crippen MR) is 76.3 cm³/mol. The van der Waals surface area contributed by atoms with Crippen LogP contribution in [0.25, 0.3) is 0 Å². The Bertz CT molecular complexity index is 532. The molecule has 102 valence electrons. The summed E-state index contributed by atoms with van der Waals surface area (Å²) >= 11 is 12.0. The zero-order valence-electron chi connectivity index (χ0n) is 10.3. The average molecular weight is 300 g/mol. The first-order valence-corrected chi connectivity index (χ1v) is 7.29. The summed E-state index contributed by atoms with van der Waals surface area (Å²) in [6.07, 6.45) is 4.91. The normalized spacial score (nSPS) is 28.6. The van der Waals surface area contributed by atoms with Gasteiger partial charge < -0.3 is 10.4 Å². The Balaban J connectivity index is 1.89. The minimum absolute atomic E-state index is 0.153. The SMILES string of the molecule is O=C(O)c1cc(Cl)cc(Cl)c1NC1CC2CCC1C2. The second-order valence-electron chi connectivity index (χ2n) is 5.54. The van der Waals surface area contributed by atoms with Gasteiger partial charge in [0.15, 0.2) is 0 Å². The summed E-state index contributed by atoms with van der Waals surface area (Å²) in [5, 5.41) is 13.3. The molecule has 3 nitrogen and oxygen atoms in total. The number of hydrogen-bond donors (Lipinski definition) is 2. The van der Waals surface area contributed by atoms with Crippen LogP contribution in [0.4, 0.5) is 5.69 Å². The molecule has 0 spiro atoms. The summed E-state index contributed by atoms with van der Waals surface area (Å²) in [4.78, 5) is 11.3. The molecule has 2 saturated carbocycles. The smallest absolute Gasteiger partial charge is 0.337 e. The van der Waals surface area contributed by atoms with Gasteiger partial charge in [0.05, 0.1) is 16.3 Å². The Hall–Kier alpha value is -0.930. The van der Waals surface area contributed by atoms with Gasteiger partial charge in [0.25, 0.3) is 0 Å². The van der Waals surface area contributed by atoms with Crippen molar-refractivity contribution in [1.82, 2.24) is 0 Å². The van der Waals surface area contributed by atoms with E-state index in [1.807, 2.05) is 0 Å². The van der Waals surface area contributed by atoms with E-state index in [1.165, 1.54) is 25.3 Å². The first kappa shape index (κ1) is 13.1. The molecule has 2 fully saturated rings. The van der Waals surface area contributed by atoms with Crippen molar-refractivity contribution in [3.8, 4) is 0 Å². The molecule has 3 unspecified atom stereocenters. The van der Waals surface area contributed by atoms with Crippen LogP contribution in [0.3, 0.4) is 0 Å². The Labute approximate surface area is 121 Å². The number of nitrogens with one attached hydrogen (secondary N) is 1. The van der Waals surface area contributed by atoms with E-state index in [9.17, 15) is 9.90 Å². The third kappa shape index (κ3) is 2.41. The molecule has 3 atom stereocenters. The minimum atomic E-state index is -1.00.